The second kappa shape index (κ2) is 11.7. The van der Waals surface area contributed by atoms with E-state index in [0.717, 1.165) is 78.5 Å². The number of nitrogens with zero attached hydrogens (tertiary/aromatic N) is 2. The maximum Gasteiger partial charge on any atom is 0.145 e. The summed E-state index contributed by atoms with van der Waals surface area (Å²) in [4.78, 5) is 5.08. The topological polar surface area (TPSA) is 53.7 Å². The summed E-state index contributed by atoms with van der Waals surface area (Å²) in [6, 6.07) is 56.5. The highest BCUT2D eigenvalue weighted by molar-refractivity contribution is 6.21. The molecule has 4 heteroatoms. The molecule has 218 valence electrons. The molecule has 0 bridgehead atoms. The number of aromatic nitrogens is 2. The lowest BCUT2D eigenvalue weighted by Crippen LogP contribution is -2.21. The summed E-state index contributed by atoms with van der Waals surface area (Å²) >= 11 is 0. The lowest BCUT2D eigenvalue weighted by molar-refractivity contribution is 1.10. The van der Waals surface area contributed by atoms with E-state index in [0.29, 0.717) is 0 Å². The molecule has 0 saturated carbocycles. The van der Waals surface area contributed by atoms with Gasteiger partial charge in [0.25, 0.3) is 0 Å². The van der Waals surface area contributed by atoms with Gasteiger partial charge in [-0.2, -0.15) is 0 Å². The minimum Gasteiger partial charge on any atom is -0.353 e. The zero-order chi connectivity index (χ0) is 30.9. The zero-order valence-corrected chi connectivity index (χ0v) is 25.1. The van der Waals surface area contributed by atoms with Gasteiger partial charge in [0.2, 0.25) is 0 Å². The van der Waals surface area contributed by atoms with Crippen molar-refractivity contribution in [1.82, 2.24) is 14.9 Å². The van der Waals surface area contributed by atoms with Crippen molar-refractivity contribution in [3.8, 4) is 17.1 Å². The van der Waals surface area contributed by atoms with Gasteiger partial charge in [-0.25, -0.2) is 4.98 Å². The SMILES string of the molecule is N=C/C(=C1\NC(c2ccccc2)=C(c2ccc(-c3nc4ccccc4n3-c3ccccc3)cc2)c2ccccc21)c1ccccc1. The number of fused-ring (bicyclic) bond motifs is 2. The van der Waals surface area contributed by atoms with Gasteiger partial charge in [0, 0.05) is 34.2 Å². The van der Waals surface area contributed by atoms with Crippen LogP contribution in [0.3, 0.4) is 0 Å². The minimum absolute atomic E-state index is 0.843. The first-order valence-electron chi connectivity index (χ1n) is 15.4. The standard InChI is InChI=1S/C42H30N4/c43-28-36(29-14-4-1-5-15-29)41-35-21-11-10-20-34(35)39(40(45-41)31-16-6-2-7-17-31)30-24-26-32(27-25-30)42-44-37-22-12-13-23-38(37)46(42)33-18-8-3-9-19-33/h1-28,43,45H/b41-36+,43-28?. The molecular formula is C42H30N4. The van der Waals surface area contributed by atoms with Crippen molar-refractivity contribution in [2.24, 2.45) is 0 Å². The highest BCUT2D eigenvalue weighted by Gasteiger charge is 2.26. The molecule has 0 spiro atoms. The highest BCUT2D eigenvalue weighted by Crippen LogP contribution is 2.42. The van der Waals surface area contributed by atoms with Crippen molar-refractivity contribution in [2.45, 2.75) is 0 Å². The molecule has 2 N–H and O–H groups in total. The van der Waals surface area contributed by atoms with E-state index < -0.39 is 0 Å². The molecule has 0 fully saturated rings. The van der Waals surface area contributed by atoms with Gasteiger partial charge in [-0.3, -0.25) is 4.57 Å². The Morgan fingerprint density at radius 3 is 1.87 bits per heavy atom. The van der Waals surface area contributed by atoms with Crippen molar-refractivity contribution in [3.05, 3.63) is 192 Å². The number of benzene rings is 6. The Morgan fingerprint density at radius 1 is 0.565 bits per heavy atom. The molecule has 8 rings (SSSR count). The molecule has 0 unspecified atom stereocenters. The number of allylic oxidation sites excluding steroid dienone is 1. The second-order valence-electron chi connectivity index (χ2n) is 11.3. The smallest absolute Gasteiger partial charge is 0.145 e. The van der Waals surface area contributed by atoms with Crippen molar-refractivity contribution >= 4 is 39.8 Å². The van der Waals surface area contributed by atoms with Gasteiger partial charge in [-0.15, -0.1) is 0 Å². The fourth-order valence-electron chi connectivity index (χ4n) is 6.40. The number of para-hydroxylation sites is 3. The monoisotopic (exact) mass is 590 g/mol. The van der Waals surface area contributed by atoms with E-state index in [4.69, 9.17) is 10.4 Å². The average molecular weight is 591 g/mol. The van der Waals surface area contributed by atoms with Crippen molar-refractivity contribution < 1.29 is 0 Å². The summed E-state index contributed by atoms with van der Waals surface area (Å²) in [5.74, 6) is 0.905. The van der Waals surface area contributed by atoms with Crippen LogP contribution in [0.2, 0.25) is 0 Å². The summed E-state index contributed by atoms with van der Waals surface area (Å²) in [7, 11) is 0. The third-order valence-electron chi connectivity index (χ3n) is 8.53. The van der Waals surface area contributed by atoms with E-state index in [9.17, 15) is 0 Å². The third-order valence-corrected chi connectivity index (χ3v) is 8.53. The normalized spacial score (nSPS) is 13.7. The van der Waals surface area contributed by atoms with Crippen LogP contribution >= 0.6 is 0 Å². The molecule has 0 amide bonds. The third kappa shape index (κ3) is 4.73. The highest BCUT2D eigenvalue weighted by atomic mass is 15.1. The molecule has 1 aromatic heterocycles. The van der Waals surface area contributed by atoms with Crippen LogP contribution in [0.1, 0.15) is 27.8 Å². The second-order valence-corrected chi connectivity index (χ2v) is 11.3. The van der Waals surface area contributed by atoms with Gasteiger partial charge < -0.3 is 10.7 Å². The average Bonchev–Trinajstić information content (AvgIpc) is 3.53. The number of nitrogens with one attached hydrogen (secondary N) is 2. The lowest BCUT2D eigenvalue weighted by atomic mass is 9.84. The fourth-order valence-corrected chi connectivity index (χ4v) is 6.40. The molecule has 0 atom stereocenters. The van der Waals surface area contributed by atoms with Crippen molar-refractivity contribution in [2.75, 3.05) is 0 Å². The Labute approximate surface area is 268 Å². The van der Waals surface area contributed by atoms with E-state index in [-0.39, 0.29) is 0 Å². The predicted molar refractivity (Wildman–Crippen MR) is 190 cm³/mol. The van der Waals surface area contributed by atoms with Crippen LogP contribution in [0.4, 0.5) is 0 Å². The Bertz CT molecular complexity index is 2260. The first kappa shape index (κ1) is 27.3. The predicted octanol–water partition coefficient (Wildman–Crippen LogP) is 9.73. The Hall–Kier alpha value is -6.26. The first-order valence-corrected chi connectivity index (χ1v) is 15.4. The van der Waals surface area contributed by atoms with Crippen LogP contribution in [0.15, 0.2) is 164 Å². The van der Waals surface area contributed by atoms with Gasteiger partial charge >= 0.3 is 0 Å². The molecule has 2 heterocycles. The molecule has 7 aromatic rings. The Balaban J connectivity index is 1.32. The lowest BCUT2D eigenvalue weighted by Gasteiger charge is -2.29. The number of rotatable bonds is 6. The first-order chi connectivity index (χ1) is 22.8. The van der Waals surface area contributed by atoms with E-state index >= 15 is 0 Å². The van der Waals surface area contributed by atoms with Gasteiger partial charge in [-0.05, 0) is 46.5 Å². The Morgan fingerprint density at radius 2 is 1.15 bits per heavy atom. The molecule has 1 aliphatic rings. The van der Waals surface area contributed by atoms with Crippen LogP contribution in [0.5, 0.6) is 0 Å². The quantitative estimate of drug-likeness (QED) is 0.190. The fraction of sp³-hybridized carbons (Fsp3) is 0. The van der Waals surface area contributed by atoms with E-state index in [2.05, 4.69) is 137 Å². The van der Waals surface area contributed by atoms with Crippen molar-refractivity contribution in [3.63, 3.8) is 0 Å². The molecule has 1 aliphatic heterocycles. The Kier molecular flexibility index (Phi) is 6.93. The van der Waals surface area contributed by atoms with E-state index in [1.165, 1.54) is 6.21 Å². The molecule has 4 nitrogen and oxygen atoms in total. The summed E-state index contributed by atoms with van der Waals surface area (Å²) in [6.07, 6.45) is 1.45. The largest absolute Gasteiger partial charge is 0.353 e. The van der Waals surface area contributed by atoms with Gasteiger partial charge in [0.1, 0.15) is 5.82 Å². The molecule has 46 heavy (non-hydrogen) atoms. The van der Waals surface area contributed by atoms with Gasteiger partial charge in [0.05, 0.1) is 22.4 Å². The van der Waals surface area contributed by atoms with E-state index in [1.807, 2.05) is 36.4 Å². The summed E-state index contributed by atoms with van der Waals surface area (Å²) < 4.78 is 2.23. The van der Waals surface area contributed by atoms with Crippen LogP contribution in [0, 0.1) is 5.41 Å². The summed E-state index contributed by atoms with van der Waals surface area (Å²) in [6.45, 7) is 0. The van der Waals surface area contributed by atoms with Crippen LogP contribution in [0.25, 0.3) is 50.6 Å². The molecule has 6 aromatic carbocycles. The maximum atomic E-state index is 8.44. The van der Waals surface area contributed by atoms with Crippen LogP contribution in [-0.2, 0) is 0 Å². The molecule has 0 saturated heterocycles. The number of hydrogen-bond acceptors (Lipinski definition) is 3. The minimum atomic E-state index is 0.843. The zero-order valence-electron chi connectivity index (χ0n) is 25.1. The molecule has 0 radical (unpaired) electrons. The van der Waals surface area contributed by atoms with Gasteiger partial charge in [-0.1, -0.05) is 140 Å². The van der Waals surface area contributed by atoms with Crippen LogP contribution in [-0.4, -0.2) is 15.8 Å². The molecule has 0 aliphatic carbocycles. The summed E-state index contributed by atoms with van der Waals surface area (Å²) in [5, 5.41) is 12.2. The molecular weight excluding hydrogens is 560 g/mol. The van der Waals surface area contributed by atoms with Gasteiger partial charge in [0.15, 0.2) is 0 Å². The van der Waals surface area contributed by atoms with Crippen molar-refractivity contribution in [1.29, 1.82) is 5.41 Å². The number of hydrogen-bond donors (Lipinski definition) is 2. The maximum absolute atomic E-state index is 8.44. The number of imidazole rings is 1. The van der Waals surface area contributed by atoms with Crippen LogP contribution < -0.4 is 5.32 Å². The summed E-state index contributed by atoms with van der Waals surface area (Å²) in [5.41, 5.74) is 13.4. The van der Waals surface area contributed by atoms with E-state index in [1.54, 1.807) is 0 Å².